The molecule has 0 radical (unpaired) electrons. The molecule has 3 heterocycles. The molecule has 5 fully saturated rings. The molecule has 3 saturated heterocycles. The molecule has 5 rings (SSSR count). The summed E-state index contributed by atoms with van der Waals surface area (Å²) in [5.74, 6) is -0.857. The maximum absolute atomic E-state index is 6.54. The average Bonchev–Trinajstić information content (AvgIpc) is 3.39. The number of unbranched alkanes of at least 4 members (excludes halogenated alkanes) is 2. The van der Waals surface area contributed by atoms with Crippen LogP contribution in [0.2, 0.25) is 0 Å². The molecule has 0 amide bonds. The van der Waals surface area contributed by atoms with Crippen LogP contribution in [0.4, 0.5) is 0 Å². The second-order valence-electron chi connectivity index (χ2n) is 9.62. The number of ether oxygens (including phenoxy) is 6. The van der Waals surface area contributed by atoms with Gasteiger partial charge in [0.1, 0.15) is 24.4 Å². The van der Waals surface area contributed by atoms with Crippen LogP contribution in [0.5, 0.6) is 0 Å². The quantitative estimate of drug-likeness (QED) is 0.604. The van der Waals surface area contributed by atoms with Gasteiger partial charge >= 0.3 is 0 Å². The van der Waals surface area contributed by atoms with E-state index in [0.717, 1.165) is 51.6 Å². The number of rotatable bonds is 6. The minimum absolute atomic E-state index is 0.107. The Balaban J connectivity index is 1.27. The molecule has 6 nitrogen and oxygen atoms in total. The van der Waals surface area contributed by atoms with Crippen molar-refractivity contribution in [2.45, 2.75) is 133 Å². The van der Waals surface area contributed by atoms with E-state index in [4.69, 9.17) is 28.4 Å². The molecule has 5 atom stereocenters. The summed E-state index contributed by atoms with van der Waals surface area (Å²) in [5, 5.41) is 0. The summed E-state index contributed by atoms with van der Waals surface area (Å²) in [5.41, 5.74) is 0. The van der Waals surface area contributed by atoms with Crippen molar-refractivity contribution in [3.05, 3.63) is 0 Å². The highest BCUT2D eigenvalue weighted by Gasteiger charge is 2.61. The third kappa shape index (κ3) is 4.13. The van der Waals surface area contributed by atoms with Gasteiger partial charge in [-0.25, -0.2) is 0 Å². The fourth-order valence-electron chi connectivity index (χ4n) is 5.84. The predicted octanol–water partition coefficient (Wildman–Crippen LogP) is 4.44. The summed E-state index contributed by atoms with van der Waals surface area (Å²) in [7, 11) is 0. The van der Waals surface area contributed by atoms with Crippen LogP contribution in [0, 0.1) is 0 Å². The van der Waals surface area contributed by atoms with E-state index in [1.54, 1.807) is 0 Å². The van der Waals surface area contributed by atoms with Crippen molar-refractivity contribution >= 4 is 0 Å². The third-order valence-electron chi connectivity index (χ3n) is 7.42. The topological polar surface area (TPSA) is 55.4 Å². The maximum atomic E-state index is 6.54. The van der Waals surface area contributed by atoms with E-state index in [9.17, 15) is 0 Å². The fourth-order valence-corrected chi connectivity index (χ4v) is 5.84. The first kappa shape index (κ1) is 20.7. The van der Waals surface area contributed by atoms with Gasteiger partial charge in [-0.15, -0.1) is 0 Å². The highest BCUT2D eigenvalue weighted by molar-refractivity contribution is 5.01. The first-order valence-corrected chi connectivity index (χ1v) is 12.2. The van der Waals surface area contributed by atoms with Crippen molar-refractivity contribution in [3.8, 4) is 0 Å². The molecule has 6 heteroatoms. The van der Waals surface area contributed by atoms with Gasteiger partial charge in [-0.3, -0.25) is 0 Å². The van der Waals surface area contributed by atoms with Crippen LogP contribution in [-0.2, 0) is 28.4 Å². The first-order valence-electron chi connectivity index (χ1n) is 12.2. The molecule has 5 unspecified atom stereocenters. The van der Waals surface area contributed by atoms with Crippen LogP contribution < -0.4 is 0 Å². The van der Waals surface area contributed by atoms with Crippen molar-refractivity contribution in [1.29, 1.82) is 0 Å². The molecule has 0 N–H and O–H groups in total. The van der Waals surface area contributed by atoms with E-state index in [2.05, 4.69) is 6.92 Å². The number of fused-ring (bicyclic) bond motifs is 1. The Morgan fingerprint density at radius 2 is 1.52 bits per heavy atom. The Kier molecular flexibility index (Phi) is 6.21. The Morgan fingerprint density at radius 1 is 0.793 bits per heavy atom. The lowest BCUT2D eigenvalue weighted by Crippen LogP contribution is -2.46. The maximum Gasteiger partial charge on any atom is 0.190 e. The molecule has 2 aliphatic carbocycles. The van der Waals surface area contributed by atoms with Crippen LogP contribution >= 0.6 is 0 Å². The van der Waals surface area contributed by atoms with Gasteiger partial charge in [-0.05, 0) is 32.1 Å². The molecule has 0 aromatic rings. The van der Waals surface area contributed by atoms with Gasteiger partial charge in [-0.2, -0.15) is 0 Å². The van der Waals surface area contributed by atoms with Crippen molar-refractivity contribution in [3.63, 3.8) is 0 Å². The van der Waals surface area contributed by atoms with Crippen LogP contribution in [-0.4, -0.2) is 55.5 Å². The van der Waals surface area contributed by atoms with Gasteiger partial charge in [0.05, 0.1) is 6.61 Å². The third-order valence-corrected chi connectivity index (χ3v) is 7.42. The van der Waals surface area contributed by atoms with E-state index in [1.807, 2.05) is 0 Å². The lowest BCUT2D eigenvalue weighted by Gasteiger charge is -2.35. The second-order valence-corrected chi connectivity index (χ2v) is 9.62. The lowest BCUT2D eigenvalue weighted by atomic mass is 9.94. The molecule has 166 valence electrons. The zero-order valence-corrected chi connectivity index (χ0v) is 17.9. The van der Waals surface area contributed by atoms with E-state index < -0.39 is 11.6 Å². The van der Waals surface area contributed by atoms with Gasteiger partial charge in [-0.1, -0.05) is 32.6 Å². The van der Waals surface area contributed by atoms with Crippen molar-refractivity contribution in [2.75, 3.05) is 13.2 Å². The summed E-state index contributed by atoms with van der Waals surface area (Å²) in [6.45, 7) is 3.52. The summed E-state index contributed by atoms with van der Waals surface area (Å²) in [6, 6.07) is 0. The van der Waals surface area contributed by atoms with Crippen LogP contribution in [0.3, 0.4) is 0 Å². The van der Waals surface area contributed by atoms with Crippen LogP contribution in [0.25, 0.3) is 0 Å². The molecule has 29 heavy (non-hydrogen) atoms. The standard InChI is InChI=1S/C23H38O6/c1-2-3-10-15-24-19-18(17-16-25-22(27-17)11-6-4-7-12-22)26-21-20(19)28-23(29-21)13-8-5-9-14-23/h17-21H,2-16H2,1H3. The SMILES string of the molecule is CCCCCOC1C(C2COC3(CCCCC3)O2)OC2OC3(CCCCC3)OC21. The highest BCUT2D eigenvalue weighted by Crippen LogP contribution is 2.48. The van der Waals surface area contributed by atoms with Crippen molar-refractivity contribution in [2.24, 2.45) is 0 Å². The first-order chi connectivity index (χ1) is 14.2. The summed E-state index contributed by atoms with van der Waals surface area (Å²) in [6.07, 6.45) is 13.6. The smallest absolute Gasteiger partial charge is 0.190 e. The van der Waals surface area contributed by atoms with Gasteiger partial charge in [0, 0.05) is 32.3 Å². The van der Waals surface area contributed by atoms with Crippen molar-refractivity contribution in [1.82, 2.24) is 0 Å². The lowest BCUT2D eigenvalue weighted by molar-refractivity contribution is -0.262. The molecule has 5 aliphatic rings. The number of hydrogen-bond donors (Lipinski definition) is 0. The van der Waals surface area contributed by atoms with E-state index >= 15 is 0 Å². The summed E-state index contributed by atoms with van der Waals surface area (Å²) < 4.78 is 38.4. The average molecular weight is 411 g/mol. The Morgan fingerprint density at radius 3 is 2.24 bits per heavy atom. The Labute approximate surface area is 174 Å². The summed E-state index contributed by atoms with van der Waals surface area (Å²) in [4.78, 5) is 0. The molecule has 2 saturated carbocycles. The highest BCUT2D eigenvalue weighted by atomic mass is 16.9. The minimum Gasteiger partial charge on any atom is -0.372 e. The molecule has 2 spiro atoms. The van der Waals surface area contributed by atoms with E-state index in [1.165, 1.54) is 38.5 Å². The Bertz CT molecular complexity index is 541. The molecule has 0 aromatic carbocycles. The van der Waals surface area contributed by atoms with E-state index in [-0.39, 0.29) is 30.7 Å². The monoisotopic (exact) mass is 410 g/mol. The van der Waals surface area contributed by atoms with Crippen LogP contribution in [0.15, 0.2) is 0 Å². The molecular formula is C23H38O6. The second kappa shape index (κ2) is 8.71. The molecule has 0 bridgehead atoms. The summed E-state index contributed by atoms with van der Waals surface area (Å²) >= 11 is 0. The van der Waals surface area contributed by atoms with E-state index in [0.29, 0.717) is 6.61 Å². The fraction of sp³-hybridized carbons (Fsp3) is 1.00. The predicted molar refractivity (Wildman–Crippen MR) is 106 cm³/mol. The van der Waals surface area contributed by atoms with Crippen molar-refractivity contribution < 1.29 is 28.4 Å². The zero-order chi connectivity index (χ0) is 19.7. The van der Waals surface area contributed by atoms with Crippen LogP contribution in [0.1, 0.15) is 90.4 Å². The Hall–Kier alpha value is -0.240. The van der Waals surface area contributed by atoms with Gasteiger partial charge in [0.15, 0.2) is 17.9 Å². The minimum atomic E-state index is -0.457. The van der Waals surface area contributed by atoms with Gasteiger partial charge in [0.2, 0.25) is 0 Å². The normalized spacial score (nSPS) is 40.7. The molecule has 3 aliphatic heterocycles. The van der Waals surface area contributed by atoms with Gasteiger partial charge < -0.3 is 28.4 Å². The largest absolute Gasteiger partial charge is 0.372 e. The molecular weight excluding hydrogens is 372 g/mol. The molecule has 0 aromatic heterocycles. The zero-order valence-electron chi connectivity index (χ0n) is 17.9. The number of hydrogen-bond acceptors (Lipinski definition) is 6. The van der Waals surface area contributed by atoms with Gasteiger partial charge in [0.25, 0.3) is 0 Å².